The van der Waals surface area contributed by atoms with Crippen LogP contribution in [0.5, 0.6) is 0 Å². The molecule has 90 valence electrons. The number of hydrogen-bond acceptors (Lipinski definition) is 4. The molecule has 3 N–H and O–H groups in total. The maximum atomic E-state index is 9.25. The lowest BCUT2D eigenvalue weighted by Gasteiger charge is -2.36. The molecular weight excluding hydrogens is 204 g/mol. The lowest BCUT2D eigenvalue weighted by molar-refractivity contribution is 0.0209. The molecule has 0 bridgehead atoms. The summed E-state index contributed by atoms with van der Waals surface area (Å²) in [5, 5.41) is 9.25. The second-order valence-corrected chi connectivity index (χ2v) is 4.70. The van der Waals surface area contributed by atoms with Crippen LogP contribution in [0, 0.1) is 5.92 Å². The van der Waals surface area contributed by atoms with Crippen LogP contribution in [0.2, 0.25) is 0 Å². The van der Waals surface area contributed by atoms with Gasteiger partial charge in [0.15, 0.2) is 0 Å². The summed E-state index contributed by atoms with van der Waals surface area (Å²) in [5.74, 6) is 1.52. The maximum absolute atomic E-state index is 9.25. The quantitative estimate of drug-likeness (QED) is 0.782. The number of nitrogens with two attached hydrogens (primary N) is 1. The first-order chi connectivity index (χ1) is 7.70. The highest BCUT2D eigenvalue weighted by atomic mass is 16.3. The summed E-state index contributed by atoms with van der Waals surface area (Å²) in [6, 6.07) is 4.00. The molecule has 4 nitrogen and oxygen atoms in total. The molecule has 0 aliphatic heterocycles. The lowest BCUT2D eigenvalue weighted by Crippen LogP contribution is -2.40. The van der Waals surface area contributed by atoms with Crippen LogP contribution in [0.4, 0.5) is 0 Å². The topological polar surface area (TPSA) is 62.6 Å². The van der Waals surface area contributed by atoms with Gasteiger partial charge in [-0.2, -0.15) is 0 Å². The van der Waals surface area contributed by atoms with Gasteiger partial charge in [0.05, 0.1) is 18.4 Å². The minimum atomic E-state index is -0.0849. The van der Waals surface area contributed by atoms with Gasteiger partial charge in [0.1, 0.15) is 5.76 Å². The van der Waals surface area contributed by atoms with Crippen molar-refractivity contribution in [2.45, 2.75) is 25.0 Å². The van der Waals surface area contributed by atoms with Crippen LogP contribution < -0.4 is 5.73 Å². The van der Waals surface area contributed by atoms with Crippen LogP contribution in [0.25, 0.3) is 0 Å². The summed E-state index contributed by atoms with van der Waals surface area (Å²) in [7, 11) is 2.06. The van der Waals surface area contributed by atoms with E-state index in [2.05, 4.69) is 11.9 Å². The Labute approximate surface area is 96.0 Å². The molecule has 16 heavy (non-hydrogen) atoms. The Hall–Kier alpha value is -0.840. The molecule has 1 aliphatic carbocycles. The SMILES string of the molecule is CN(CC1CC(O)C1)C(CN)c1ccco1. The molecule has 0 radical (unpaired) electrons. The summed E-state index contributed by atoms with van der Waals surface area (Å²) in [6.07, 6.45) is 3.43. The Morgan fingerprint density at radius 3 is 2.88 bits per heavy atom. The zero-order chi connectivity index (χ0) is 11.5. The molecule has 0 amide bonds. The summed E-state index contributed by atoms with van der Waals surface area (Å²) in [4.78, 5) is 2.22. The van der Waals surface area contributed by atoms with Gasteiger partial charge >= 0.3 is 0 Å². The van der Waals surface area contributed by atoms with Crippen molar-refractivity contribution >= 4 is 0 Å². The van der Waals surface area contributed by atoms with Gasteiger partial charge in [0, 0.05) is 13.1 Å². The largest absolute Gasteiger partial charge is 0.468 e. The monoisotopic (exact) mass is 224 g/mol. The molecule has 1 atom stereocenters. The van der Waals surface area contributed by atoms with Gasteiger partial charge in [0.2, 0.25) is 0 Å². The van der Waals surface area contributed by atoms with Crippen LogP contribution in [0.1, 0.15) is 24.6 Å². The number of nitrogens with zero attached hydrogens (tertiary/aromatic N) is 1. The normalized spacial score (nSPS) is 26.8. The molecular formula is C12H20N2O2. The number of furan rings is 1. The molecule has 0 saturated heterocycles. The predicted molar refractivity (Wildman–Crippen MR) is 61.9 cm³/mol. The number of hydrogen-bond donors (Lipinski definition) is 2. The molecule has 0 aromatic carbocycles. The zero-order valence-electron chi connectivity index (χ0n) is 9.67. The highest BCUT2D eigenvalue weighted by Crippen LogP contribution is 2.30. The summed E-state index contributed by atoms with van der Waals surface area (Å²) >= 11 is 0. The van der Waals surface area contributed by atoms with Crippen molar-refractivity contribution in [3.63, 3.8) is 0 Å². The molecule has 0 spiro atoms. The first-order valence-electron chi connectivity index (χ1n) is 5.82. The van der Waals surface area contributed by atoms with Crippen LogP contribution in [-0.2, 0) is 0 Å². The fourth-order valence-electron chi connectivity index (χ4n) is 2.38. The minimum absolute atomic E-state index is 0.0849. The van der Waals surface area contributed by atoms with E-state index in [1.165, 1.54) is 0 Å². The first-order valence-corrected chi connectivity index (χ1v) is 5.82. The zero-order valence-corrected chi connectivity index (χ0v) is 9.67. The van der Waals surface area contributed by atoms with Gasteiger partial charge < -0.3 is 15.3 Å². The Morgan fingerprint density at radius 1 is 1.62 bits per heavy atom. The summed E-state index contributed by atoms with van der Waals surface area (Å²) < 4.78 is 5.39. The van der Waals surface area contributed by atoms with Crippen LogP contribution in [0.15, 0.2) is 22.8 Å². The molecule has 4 heteroatoms. The van der Waals surface area contributed by atoms with Gasteiger partial charge in [0.25, 0.3) is 0 Å². The minimum Gasteiger partial charge on any atom is -0.468 e. The van der Waals surface area contributed by atoms with Crippen molar-refractivity contribution in [3.05, 3.63) is 24.2 Å². The smallest absolute Gasteiger partial charge is 0.122 e. The van der Waals surface area contributed by atoms with Crippen molar-refractivity contribution < 1.29 is 9.52 Å². The van der Waals surface area contributed by atoms with Crippen molar-refractivity contribution in [1.82, 2.24) is 4.90 Å². The molecule has 1 aromatic rings. The van der Waals surface area contributed by atoms with Gasteiger partial charge in [-0.05, 0) is 37.9 Å². The van der Waals surface area contributed by atoms with Crippen molar-refractivity contribution in [2.75, 3.05) is 20.1 Å². The Morgan fingerprint density at radius 2 is 2.38 bits per heavy atom. The molecule has 1 saturated carbocycles. The lowest BCUT2D eigenvalue weighted by atomic mass is 9.82. The summed E-state index contributed by atoms with van der Waals surface area (Å²) in [5.41, 5.74) is 5.78. The summed E-state index contributed by atoms with van der Waals surface area (Å²) in [6.45, 7) is 1.53. The van der Waals surface area contributed by atoms with E-state index in [0.29, 0.717) is 12.5 Å². The van der Waals surface area contributed by atoms with E-state index in [1.54, 1.807) is 6.26 Å². The molecule has 1 aromatic heterocycles. The third-order valence-corrected chi connectivity index (χ3v) is 3.38. The Bertz CT molecular complexity index is 307. The van der Waals surface area contributed by atoms with Crippen LogP contribution in [0.3, 0.4) is 0 Å². The van der Waals surface area contributed by atoms with Crippen molar-refractivity contribution in [3.8, 4) is 0 Å². The Kier molecular flexibility index (Phi) is 3.63. The van der Waals surface area contributed by atoms with E-state index in [4.69, 9.17) is 10.2 Å². The fraction of sp³-hybridized carbons (Fsp3) is 0.667. The van der Waals surface area contributed by atoms with E-state index < -0.39 is 0 Å². The maximum Gasteiger partial charge on any atom is 0.122 e. The molecule has 1 unspecified atom stereocenters. The van der Waals surface area contributed by atoms with Gasteiger partial charge in [-0.15, -0.1) is 0 Å². The van der Waals surface area contributed by atoms with Gasteiger partial charge in [-0.3, -0.25) is 4.90 Å². The van der Waals surface area contributed by atoms with Crippen LogP contribution >= 0.6 is 0 Å². The first kappa shape index (κ1) is 11.6. The van der Waals surface area contributed by atoms with E-state index in [0.717, 1.165) is 25.1 Å². The molecule has 1 fully saturated rings. The number of aliphatic hydroxyl groups is 1. The standard InChI is InChI=1S/C12H20N2O2/c1-14(8-9-5-10(15)6-9)11(7-13)12-3-2-4-16-12/h2-4,9-11,15H,5-8,13H2,1H3. The van der Waals surface area contributed by atoms with Gasteiger partial charge in [-0.1, -0.05) is 0 Å². The number of aliphatic hydroxyl groups excluding tert-OH is 1. The van der Waals surface area contributed by atoms with Crippen molar-refractivity contribution in [2.24, 2.45) is 11.7 Å². The third-order valence-electron chi connectivity index (χ3n) is 3.38. The fourth-order valence-corrected chi connectivity index (χ4v) is 2.38. The van der Waals surface area contributed by atoms with Gasteiger partial charge in [-0.25, -0.2) is 0 Å². The molecule has 2 rings (SSSR count). The second-order valence-electron chi connectivity index (χ2n) is 4.70. The predicted octanol–water partition coefficient (Wildman–Crippen LogP) is 0.982. The van der Waals surface area contributed by atoms with E-state index in [-0.39, 0.29) is 12.1 Å². The third kappa shape index (κ3) is 2.45. The van der Waals surface area contributed by atoms with Crippen LogP contribution in [-0.4, -0.2) is 36.2 Å². The Balaban J connectivity index is 1.89. The molecule has 1 aliphatic rings. The van der Waals surface area contributed by atoms with Crippen molar-refractivity contribution in [1.29, 1.82) is 0 Å². The molecule has 1 heterocycles. The number of rotatable bonds is 5. The second kappa shape index (κ2) is 4.99. The number of likely N-dealkylation sites (N-methyl/N-ethyl adjacent to an activating group) is 1. The average Bonchev–Trinajstić information content (AvgIpc) is 2.70. The average molecular weight is 224 g/mol. The highest BCUT2D eigenvalue weighted by molar-refractivity contribution is 5.05. The van der Waals surface area contributed by atoms with E-state index in [9.17, 15) is 5.11 Å². The highest BCUT2D eigenvalue weighted by Gasteiger charge is 2.30. The van der Waals surface area contributed by atoms with E-state index >= 15 is 0 Å². The van der Waals surface area contributed by atoms with E-state index in [1.807, 2.05) is 12.1 Å².